The van der Waals surface area contributed by atoms with Crippen molar-refractivity contribution in [3.05, 3.63) is 0 Å². The molecule has 16 nitrogen and oxygen atoms in total. The van der Waals surface area contributed by atoms with Crippen molar-refractivity contribution in [2.75, 3.05) is 19.7 Å². The minimum atomic E-state index is -1.55. The number of aliphatic hydroxyl groups excluding tert-OH is 5. The molecule has 0 aromatic rings. The van der Waals surface area contributed by atoms with Crippen LogP contribution in [0.2, 0.25) is 0 Å². The Hall–Kier alpha value is -1.09. The van der Waals surface area contributed by atoms with Crippen molar-refractivity contribution in [1.29, 1.82) is 0 Å². The molecule has 3 aliphatic rings. The maximum absolute atomic E-state index is 12.6. The van der Waals surface area contributed by atoms with Crippen LogP contribution in [0, 0.1) is 0 Å². The summed E-state index contributed by atoms with van der Waals surface area (Å²) < 4.78 is 23.3. The van der Waals surface area contributed by atoms with Gasteiger partial charge in [0, 0.05) is 12.6 Å². The highest BCUT2D eigenvalue weighted by molar-refractivity contribution is 5.80. The van der Waals surface area contributed by atoms with Crippen molar-refractivity contribution in [2.45, 2.75) is 111 Å². The van der Waals surface area contributed by atoms with Crippen LogP contribution in [0.3, 0.4) is 0 Å². The second-order valence-corrected chi connectivity index (χ2v) is 10.2. The van der Waals surface area contributed by atoms with Gasteiger partial charge in [0.2, 0.25) is 5.91 Å². The summed E-state index contributed by atoms with van der Waals surface area (Å²) in [6, 6.07) is -3.54. The zero-order valence-corrected chi connectivity index (χ0v) is 21.2. The number of carbonyl (C=O) groups excluding carboxylic acids is 1. The van der Waals surface area contributed by atoms with Gasteiger partial charge < -0.3 is 78.5 Å². The van der Waals surface area contributed by atoms with E-state index in [4.69, 9.17) is 47.6 Å². The lowest BCUT2D eigenvalue weighted by Gasteiger charge is -2.48. The molecule has 2 aliphatic heterocycles. The van der Waals surface area contributed by atoms with Crippen molar-refractivity contribution in [3.8, 4) is 0 Å². The molecular formula is C22H44N6O10. The van der Waals surface area contributed by atoms with E-state index in [0.29, 0.717) is 12.8 Å². The summed E-state index contributed by atoms with van der Waals surface area (Å²) in [5.74, 6) is -0.762. The summed E-state index contributed by atoms with van der Waals surface area (Å²) >= 11 is 0. The number of hydrogen-bond donors (Lipinski definition) is 11. The number of rotatable bonds is 10. The van der Waals surface area contributed by atoms with Gasteiger partial charge in [-0.25, -0.2) is 0 Å². The third-order valence-electron chi connectivity index (χ3n) is 7.37. The zero-order chi connectivity index (χ0) is 28.1. The predicted octanol–water partition coefficient (Wildman–Crippen LogP) is -6.40. The molecule has 0 aromatic carbocycles. The fourth-order valence-electron chi connectivity index (χ4n) is 5.02. The molecule has 16 N–H and O–H groups in total. The standard InChI is InChI=1S/C22H44N6O10/c23-4-3-12(30)20(34)28-11-5-10(26)18(37-21-9(25)2-1-8(6-24)35-21)17(33)19(11)38-22-16(32)14(27)15(31)13(7-29)36-22/h8-19,21-22,29-33H,1-7,23-27H2,(H,28,34)/t8-,9+,10+,11-,12?,13+,14+,15?,16+,17+,18?,19+,21+,22+/m1/s1. The average Bonchev–Trinajstić information content (AvgIpc) is 2.89. The van der Waals surface area contributed by atoms with Crippen molar-refractivity contribution in [3.63, 3.8) is 0 Å². The molecule has 14 atom stereocenters. The topological polar surface area (TPSA) is 297 Å². The fraction of sp³-hybridized carbons (Fsp3) is 0.955. The summed E-state index contributed by atoms with van der Waals surface area (Å²) in [5, 5.41) is 54.4. The van der Waals surface area contributed by atoms with E-state index in [2.05, 4.69) is 5.32 Å². The monoisotopic (exact) mass is 552 g/mol. The first-order valence-corrected chi connectivity index (χ1v) is 12.9. The first kappa shape index (κ1) is 31.4. The van der Waals surface area contributed by atoms with E-state index in [9.17, 15) is 30.3 Å². The van der Waals surface area contributed by atoms with Gasteiger partial charge in [0.05, 0.1) is 30.8 Å². The van der Waals surface area contributed by atoms with Gasteiger partial charge >= 0.3 is 0 Å². The molecule has 1 saturated carbocycles. The maximum Gasteiger partial charge on any atom is 0.249 e. The summed E-state index contributed by atoms with van der Waals surface area (Å²) in [4.78, 5) is 12.6. The van der Waals surface area contributed by atoms with Crippen LogP contribution in [0.4, 0.5) is 0 Å². The van der Waals surface area contributed by atoms with E-state index in [0.717, 1.165) is 0 Å². The van der Waals surface area contributed by atoms with E-state index in [1.807, 2.05) is 0 Å². The van der Waals surface area contributed by atoms with Crippen LogP contribution in [0.1, 0.15) is 25.7 Å². The first-order chi connectivity index (χ1) is 18.0. The van der Waals surface area contributed by atoms with Gasteiger partial charge in [0.25, 0.3) is 0 Å². The zero-order valence-electron chi connectivity index (χ0n) is 21.2. The maximum atomic E-state index is 12.6. The Morgan fingerprint density at radius 2 is 1.63 bits per heavy atom. The highest BCUT2D eigenvalue weighted by atomic mass is 16.7. The van der Waals surface area contributed by atoms with E-state index < -0.39 is 92.0 Å². The highest BCUT2D eigenvalue weighted by Crippen LogP contribution is 2.31. The molecule has 2 heterocycles. The van der Waals surface area contributed by atoms with Crippen molar-refractivity contribution < 1.29 is 49.3 Å². The number of carbonyl (C=O) groups is 1. The largest absolute Gasteiger partial charge is 0.394 e. The van der Waals surface area contributed by atoms with Crippen LogP contribution in [0.25, 0.3) is 0 Å². The van der Waals surface area contributed by atoms with Crippen LogP contribution in [-0.4, -0.2) is 137 Å². The summed E-state index contributed by atoms with van der Waals surface area (Å²) in [6.07, 6.45) is -10.8. The van der Waals surface area contributed by atoms with Crippen molar-refractivity contribution in [2.24, 2.45) is 28.7 Å². The average molecular weight is 553 g/mol. The number of aliphatic hydroxyl groups is 5. The minimum Gasteiger partial charge on any atom is -0.394 e. The lowest BCUT2D eigenvalue weighted by atomic mass is 9.83. The van der Waals surface area contributed by atoms with Crippen molar-refractivity contribution in [1.82, 2.24) is 5.32 Å². The van der Waals surface area contributed by atoms with Gasteiger partial charge in [0.15, 0.2) is 12.6 Å². The van der Waals surface area contributed by atoms with Gasteiger partial charge in [-0.15, -0.1) is 0 Å². The second kappa shape index (κ2) is 14.0. The number of amides is 1. The van der Waals surface area contributed by atoms with Gasteiger partial charge in [0.1, 0.15) is 42.7 Å². The minimum absolute atomic E-state index is 0.000983. The Kier molecular flexibility index (Phi) is 11.6. The molecule has 1 aliphatic carbocycles. The van der Waals surface area contributed by atoms with Crippen LogP contribution >= 0.6 is 0 Å². The molecule has 0 radical (unpaired) electrons. The summed E-state index contributed by atoms with van der Waals surface area (Å²) in [5.41, 5.74) is 29.6. The van der Waals surface area contributed by atoms with Crippen LogP contribution in [0.5, 0.6) is 0 Å². The molecule has 3 fully saturated rings. The predicted molar refractivity (Wildman–Crippen MR) is 131 cm³/mol. The molecule has 0 spiro atoms. The van der Waals surface area contributed by atoms with E-state index in [-0.39, 0.29) is 32.0 Å². The molecule has 222 valence electrons. The molecule has 3 rings (SSSR count). The summed E-state index contributed by atoms with van der Waals surface area (Å²) in [7, 11) is 0. The number of nitrogens with one attached hydrogen (secondary N) is 1. The number of hydrogen-bond acceptors (Lipinski definition) is 15. The lowest BCUT2D eigenvalue weighted by molar-refractivity contribution is -0.314. The van der Waals surface area contributed by atoms with Crippen LogP contribution < -0.4 is 34.0 Å². The summed E-state index contributed by atoms with van der Waals surface area (Å²) in [6.45, 7) is -0.296. The molecule has 0 aromatic heterocycles. The van der Waals surface area contributed by atoms with Gasteiger partial charge in [-0.1, -0.05) is 0 Å². The Balaban J connectivity index is 1.82. The Morgan fingerprint density at radius 1 is 0.947 bits per heavy atom. The molecule has 3 unspecified atom stereocenters. The van der Waals surface area contributed by atoms with E-state index in [1.165, 1.54) is 0 Å². The van der Waals surface area contributed by atoms with Gasteiger partial charge in [-0.05, 0) is 32.2 Å². The molecule has 38 heavy (non-hydrogen) atoms. The third kappa shape index (κ3) is 7.15. The molecule has 16 heteroatoms. The smallest absolute Gasteiger partial charge is 0.249 e. The SMILES string of the molecule is NCCC(O)C(=O)N[C@@H]1C[C@H](N)C(O[C@@H]2O[C@@H](CN)CC[C@@H]2N)[C@H](O)[C@H]1O[C@@H]1O[C@@H](CO)C(O)[C@H](N)[C@@H]1O. The fourth-order valence-corrected chi connectivity index (χ4v) is 5.02. The Morgan fingerprint density at radius 3 is 2.26 bits per heavy atom. The highest BCUT2D eigenvalue weighted by Gasteiger charge is 2.51. The first-order valence-electron chi connectivity index (χ1n) is 12.9. The number of ether oxygens (including phenoxy) is 4. The molecule has 1 amide bonds. The number of nitrogens with two attached hydrogens (primary N) is 5. The van der Waals surface area contributed by atoms with E-state index in [1.54, 1.807) is 0 Å². The normalized spacial score (nSPS) is 44.9. The van der Waals surface area contributed by atoms with Gasteiger partial charge in [-0.3, -0.25) is 4.79 Å². The molecular weight excluding hydrogens is 508 g/mol. The molecule has 2 saturated heterocycles. The quantitative estimate of drug-likeness (QED) is 0.120. The van der Waals surface area contributed by atoms with E-state index >= 15 is 0 Å². The van der Waals surface area contributed by atoms with Crippen LogP contribution in [0.15, 0.2) is 0 Å². The third-order valence-corrected chi connectivity index (χ3v) is 7.37. The lowest BCUT2D eigenvalue weighted by Crippen LogP contribution is -2.69. The van der Waals surface area contributed by atoms with Crippen LogP contribution in [-0.2, 0) is 23.7 Å². The van der Waals surface area contributed by atoms with Gasteiger partial charge in [-0.2, -0.15) is 0 Å². The second-order valence-electron chi connectivity index (χ2n) is 10.2. The Bertz CT molecular complexity index is 755. The Labute approximate surface area is 220 Å². The molecule has 0 bridgehead atoms. The van der Waals surface area contributed by atoms with Crippen molar-refractivity contribution >= 4 is 5.91 Å².